The van der Waals surface area contributed by atoms with Crippen LogP contribution in [-0.4, -0.2) is 42.4 Å². The highest BCUT2D eigenvalue weighted by atomic mass is 32.2. The number of carbonyl (C=O) groups excluding carboxylic acids is 1. The van der Waals surface area contributed by atoms with Gasteiger partial charge in [-0.05, 0) is 25.3 Å². The Morgan fingerprint density at radius 1 is 1.47 bits per heavy atom. The van der Waals surface area contributed by atoms with Crippen LogP contribution in [-0.2, 0) is 0 Å². The van der Waals surface area contributed by atoms with Crippen LogP contribution < -0.4 is 5.73 Å². The Hall–Kier alpha value is -1.44. The SMILES string of the molecule is CSCC(C)N(C)C(=O)c1ccccc1C#CCN. The van der Waals surface area contributed by atoms with Crippen molar-refractivity contribution in [2.75, 3.05) is 25.6 Å². The molecule has 0 aliphatic heterocycles. The Morgan fingerprint density at radius 3 is 2.79 bits per heavy atom. The van der Waals surface area contributed by atoms with E-state index in [-0.39, 0.29) is 11.9 Å². The summed E-state index contributed by atoms with van der Waals surface area (Å²) in [4.78, 5) is 14.2. The molecular weight excluding hydrogens is 256 g/mol. The summed E-state index contributed by atoms with van der Waals surface area (Å²) in [6, 6.07) is 7.59. The van der Waals surface area contributed by atoms with Gasteiger partial charge in [0, 0.05) is 24.4 Å². The van der Waals surface area contributed by atoms with Crippen molar-refractivity contribution in [2.45, 2.75) is 13.0 Å². The molecule has 4 heteroatoms. The Morgan fingerprint density at radius 2 is 2.16 bits per heavy atom. The summed E-state index contributed by atoms with van der Waals surface area (Å²) in [5.74, 6) is 6.67. The van der Waals surface area contributed by atoms with E-state index in [0.717, 1.165) is 11.3 Å². The number of rotatable bonds is 4. The van der Waals surface area contributed by atoms with Crippen molar-refractivity contribution in [3.63, 3.8) is 0 Å². The van der Waals surface area contributed by atoms with Crippen LogP contribution in [0, 0.1) is 11.8 Å². The van der Waals surface area contributed by atoms with Crippen molar-refractivity contribution in [2.24, 2.45) is 5.73 Å². The monoisotopic (exact) mass is 276 g/mol. The summed E-state index contributed by atoms with van der Waals surface area (Å²) < 4.78 is 0. The third-order valence-electron chi connectivity index (χ3n) is 2.87. The molecule has 2 N–H and O–H groups in total. The number of hydrogen-bond donors (Lipinski definition) is 1. The van der Waals surface area contributed by atoms with Crippen LogP contribution in [0.25, 0.3) is 0 Å². The van der Waals surface area contributed by atoms with Gasteiger partial charge >= 0.3 is 0 Å². The second-order valence-electron chi connectivity index (χ2n) is 4.27. The molecule has 0 bridgehead atoms. The first-order chi connectivity index (χ1) is 9.11. The van der Waals surface area contributed by atoms with Crippen molar-refractivity contribution >= 4 is 17.7 Å². The lowest BCUT2D eigenvalue weighted by atomic mass is 10.1. The molecule has 0 spiro atoms. The highest BCUT2D eigenvalue weighted by Gasteiger charge is 2.18. The van der Waals surface area contributed by atoms with Gasteiger partial charge < -0.3 is 10.6 Å². The summed E-state index contributed by atoms with van der Waals surface area (Å²) >= 11 is 1.73. The lowest BCUT2D eigenvalue weighted by Gasteiger charge is -2.24. The molecule has 0 fully saturated rings. The highest BCUT2D eigenvalue weighted by Crippen LogP contribution is 2.13. The van der Waals surface area contributed by atoms with Gasteiger partial charge in [0.05, 0.1) is 12.1 Å². The zero-order chi connectivity index (χ0) is 14.3. The summed E-state index contributed by atoms with van der Waals surface area (Å²) in [7, 11) is 1.83. The first kappa shape index (κ1) is 15.6. The van der Waals surface area contributed by atoms with Crippen molar-refractivity contribution in [3.05, 3.63) is 35.4 Å². The molecule has 1 amide bonds. The minimum atomic E-state index is 0.00321. The van der Waals surface area contributed by atoms with Crippen LogP contribution in [0.15, 0.2) is 24.3 Å². The maximum atomic E-state index is 12.5. The lowest BCUT2D eigenvalue weighted by molar-refractivity contribution is 0.0757. The fourth-order valence-corrected chi connectivity index (χ4v) is 2.37. The van der Waals surface area contributed by atoms with Gasteiger partial charge in [-0.3, -0.25) is 4.79 Å². The number of benzene rings is 1. The Labute approximate surface area is 119 Å². The molecule has 102 valence electrons. The van der Waals surface area contributed by atoms with Gasteiger partial charge in [0.15, 0.2) is 0 Å². The predicted molar refractivity (Wildman–Crippen MR) is 82.3 cm³/mol. The van der Waals surface area contributed by atoms with E-state index in [4.69, 9.17) is 5.73 Å². The zero-order valence-electron chi connectivity index (χ0n) is 11.6. The van der Waals surface area contributed by atoms with Crippen LogP contribution >= 0.6 is 11.8 Å². The number of carbonyl (C=O) groups is 1. The molecule has 1 rings (SSSR count). The standard InChI is InChI=1S/C15H20N2OS/c1-12(11-19-3)17(2)15(18)14-9-5-4-7-13(14)8-6-10-16/h4-5,7,9,12H,10-11,16H2,1-3H3. The molecule has 0 saturated heterocycles. The van der Waals surface area contributed by atoms with E-state index >= 15 is 0 Å². The molecule has 0 aliphatic carbocycles. The highest BCUT2D eigenvalue weighted by molar-refractivity contribution is 7.98. The third-order valence-corrected chi connectivity index (χ3v) is 3.69. The van der Waals surface area contributed by atoms with E-state index < -0.39 is 0 Å². The first-order valence-electron chi connectivity index (χ1n) is 6.15. The number of nitrogens with zero attached hydrogens (tertiary/aromatic N) is 1. The second-order valence-corrected chi connectivity index (χ2v) is 5.18. The maximum Gasteiger partial charge on any atom is 0.255 e. The Kier molecular flexibility index (Phi) is 6.48. The van der Waals surface area contributed by atoms with E-state index in [1.807, 2.05) is 44.5 Å². The van der Waals surface area contributed by atoms with Gasteiger partial charge in [-0.1, -0.05) is 24.0 Å². The number of hydrogen-bond acceptors (Lipinski definition) is 3. The molecule has 1 aromatic rings. The van der Waals surface area contributed by atoms with Gasteiger partial charge in [0.25, 0.3) is 5.91 Å². The van der Waals surface area contributed by atoms with Crippen molar-refractivity contribution in [1.29, 1.82) is 0 Å². The molecule has 3 nitrogen and oxygen atoms in total. The van der Waals surface area contributed by atoms with Gasteiger partial charge in [-0.15, -0.1) is 0 Å². The van der Waals surface area contributed by atoms with Gasteiger partial charge in [-0.2, -0.15) is 11.8 Å². The van der Waals surface area contributed by atoms with Crippen LogP contribution in [0.4, 0.5) is 0 Å². The van der Waals surface area contributed by atoms with Crippen LogP contribution in [0.3, 0.4) is 0 Å². The third kappa shape index (κ3) is 4.30. The van der Waals surface area contributed by atoms with Crippen molar-refractivity contribution in [3.8, 4) is 11.8 Å². The molecule has 0 saturated carbocycles. The van der Waals surface area contributed by atoms with E-state index in [0.29, 0.717) is 12.1 Å². The molecule has 0 heterocycles. The molecule has 1 atom stereocenters. The van der Waals surface area contributed by atoms with Crippen LogP contribution in [0.5, 0.6) is 0 Å². The Bertz CT molecular complexity index is 490. The van der Waals surface area contributed by atoms with Gasteiger partial charge in [-0.25, -0.2) is 0 Å². The minimum Gasteiger partial charge on any atom is -0.338 e. The average molecular weight is 276 g/mol. The minimum absolute atomic E-state index is 0.00321. The molecule has 0 aliphatic rings. The predicted octanol–water partition coefficient (Wildman–Crippen LogP) is 1.82. The number of thioether (sulfide) groups is 1. The molecule has 0 radical (unpaired) electrons. The van der Waals surface area contributed by atoms with E-state index in [1.165, 1.54) is 0 Å². The average Bonchev–Trinajstić information content (AvgIpc) is 2.44. The van der Waals surface area contributed by atoms with E-state index in [1.54, 1.807) is 16.7 Å². The summed E-state index contributed by atoms with van der Waals surface area (Å²) in [5, 5.41) is 0. The Balaban J connectivity index is 2.99. The number of amides is 1. The van der Waals surface area contributed by atoms with Crippen molar-refractivity contribution < 1.29 is 4.79 Å². The van der Waals surface area contributed by atoms with Gasteiger partial charge in [0.1, 0.15) is 0 Å². The van der Waals surface area contributed by atoms with Gasteiger partial charge in [0.2, 0.25) is 0 Å². The summed E-state index contributed by atoms with van der Waals surface area (Å²) in [5.41, 5.74) is 6.75. The summed E-state index contributed by atoms with van der Waals surface area (Å²) in [6.07, 6.45) is 2.04. The largest absolute Gasteiger partial charge is 0.338 e. The first-order valence-corrected chi connectivity index (χ1v) is 7.55. The van der Waals surface area contributed by atoms with E-state index in [2.05, 4.69) is 11.8 Å². The maximum absolute atomic E-state index is 12.5. The van der Waals surface area contributed by atoms with Crippen molar-refractivity contribution in [1.82, 2.24) is 4.90 Å². The quantitative estimate of drug-likeness (QED) is 0.853. The van der Waals surface area contributed by atoms with E-state index in [9.17, 15) is 4.79 Å². The number of nitrogens with two attached hydrogens (primary N) is 1. The zero-order valence-corrected chi connectivity index (χ0v) is 12.5. The van der Waals surface area contributed by atoms with Crippen LogP contribution in [0.1, 0.15) is 22.8 Å². The normalized spacial score (nSPS) is 11.4. The smallest absolute Gasteiger partial charge is 0.255 e. The fraction of sp³-hybridized carbons (Fsp3) is 0.400. The topological polar surface area (TPSA) is 46.3 Å². The fourth-order valence-electron chi connectivity index (χ4n) is 1.67. The summed E-state index contributed by atoms with van der Waals surface area (Å²) in [6.45, 7) is 2.34. The van der Waals surface area contributed by atoms with Crippen LogP contribution in [0.2, 0.25) is 0 Å². The second kappa shape index (κ2) is 7.88. The molecule has 19 heavy (non-hydrogen) atoms. The molecule has 1 unspecified atom stereocenters. The molecule has 0 aromatic heterocycles. The molecular formula is C15H20N2OS. The molecule has 1 aromatic carbocycles. The lowest BCUT2D eigenvalue weighted by Crippen LogP contribution is -2.36.